The average Bonchev–Trinajstić information content (AvgIpc) is 3.15. The molecule has 5 rings (SSSR count). The summed E-state index contributed by atoms with van der Waals surface area (Å²) in [7, 11) is 0. The first-order valence-electron chi connectivity index (χ1n) is 10.7. The lowest BCUT2D eigenvalue weighted by Crippen LogP contribution is -2.35. The molecule has 10 heteroatoms. The van der Waals surface area contributed by atoms with Gasteiger partial charge >= 0.3 is 11.8 Å². The monoisotopic (exact) mass is 466 g/mol. The Labute approximate surface area is 192 Å². The van der Waals surface area contributed by atoms with Crippen molar-refractivity contribution in [2.45, 2.75) is 37.3 Å². The topological polar surface area (TPSA) is 114 Å². The molecule has 170 valence electrons. The molecular formula is C23H22N4O5S. The molecule has 1 saturated heterocycles. The number of nitrogens with one attached hydrogen (secondary N) is 2. The Bertz CT molecular complexity index is 1400. The predicted octanol–water partition coefficient (Wildman–Crippen LogP) is 2.85. The normalized spacial score (nSPS) is 17.7. The summed E-state index contributed by atoms with van der Waals surface area (Å²) >= 11 is 1.46. The number of amides is 2. The van der Waals surface area contributed by atoms with E-state index >= 15 is 0 Å². The maximum Gasteiger partial charge on any atom is 0.414 e. The van der Waals surface area contributed by atoms with Crippen molar-refractivity contribution in [2.24, 2.45) is 0 Å². The van der Waals surface area contributed by atoms with Crippen LogP contribution in [0.1, 0.15) is 18.4 Å². The number of benzene rings is 2. The molecule has 9 nitrogen and oxygen atoms in total. The highest BCUT2D eigenvalue weighted by atomic mass is 32.2. The first-order chi connectivity index (χ1) is 15.9. The van der Waals surface area contributed by atoms with E-state index in [1.54, 1.807) is 18.2 Å². The number of cyclic esters (lactones) is 1. The molecule has 33 heavy (non-hydrogen) atoms. The minimum atomic E-state index is -0.453. The van der Waals surface area contributed by atoms with Crippen LogP contribution < -0.4 is 21.5 Å². The number of nitrogens with zero attached hydrogens (tertiary/aromatic N) is 2. The Hall–Kier alpha value is -3.53. The number of hydrogen-bond donors (Lipinski definition) is 2. The van der Waals surface area contributed by atoms with E-state index in [0.29, 0.717) is 47.4 Å². The van der Waals surface area contributed by atoms with Gasteiger partial charge in [0.05, 0.1) is 28.9 Å². The van der Waals surface area contributed by atoms with E-state index in [2.05, 4.69) is 10.3 Å². The highest BCUT2D eigenvalue weighted by Crippen LogP contribution is 2.35. The van der Waals surface area contributed by atoms with Gasteiger partial charge in [0, 0.05) is 17.1 Å². The minimum absolute atomic E-state index is 0.0689. The fourth-order valence-corrected chi connectivity index (χ4v) is 5.06. The molecule has 0 radical (unpaired) electrons. The SMILES string of the molecule is Cc1cccc2[nH]c(=O)n(CCC[C@H]3CN(c4ccc5c(c4)NC(=O)CS5)C(=O)O3)c(=O)c12. The van der Waals surface area contributed by atoms with E-state index in [4.69, 9.17) is 4.74 Å². The van der Waals surface area contributed by atoms with Crippen LogP contribution in [0, 0.1) is 6.92 Å². The second-order valence-corrected chi connectivity index (χ2v) is 9.18. The Kier molecular flexibility index (Phi) is 5.45. The number of carbonyl (C=O) groups excluding carboxylic acids is 2. The van der Waals surface area contributed by atoms with E-state index in [-0.39, 0.29) is 24.1 Å². The van der Waals surface area contributed by atoms with Crippen molar-refractivity contribution < 1.29 is 14.3 Å². The highest BCUT2D eigenvalue weighted by Gasteiger charge is 2.32. The van der Waals surface area contributed by atoms with Crippen LogP contribution in [0.3, 0.4) is 0 Å². The van der Waals surface area contributed by atoms with Gasteiger partial charge in [-0.25, -0.2) is 9.59 Å². The van der Waals surface area contributed by atoms with Crippen LogP contribution in [-0.4, -0.2) is 40.0 Å². The van der Waals surface area contributed by atoms with E-state index < -0.39 is 11.8 Å². The summed E-state index contributed by atoms with van der Waals surface area (Å²) in [6.45, 7) is 2.43. The van der Waals surface area contributed by atoms with E-state index in [1.165, 1.54) is 21.2 Å². The average molecular weight is 467 g/mol. The zero-order valence-electron chi connectivity index (χ0n) is 17.9. The standard InChI is InChI=1S/C23H22N4O5S/c1-13-4-2-6-16-20(13)21(29)26(22(30)25-16)9-3-5-15-11-27(23(31)32-15)14-7-8-18-17(10-14)24-19(28)12-33-18/h2,4,6-8,10,15H,3,5,9,11-12H2,1H3,(H,24,28)(H,25,30)/t15-/m0/s1. The highest BCUT2D eigenvalue weighted by molar-refractivity contribution is 8.00. The summed E-state index contributed by atoms with van der Waals surface area (Å²) in [5.74, 6) is 0.309. The van der Waals surface area contributed by atoms with Crippen LogP contribution in [0.5, 0.6) is 0 Å². The van der Waals surface area contributed by atoms with Gasteiger partial charge in [-0.05, 0) is 49.6 Å². The molecule has 1 aromatic heterocycles. The molecule has 2 N–H and O–H groups in total. The van der Waals surface area contributed by atoms with Gasteiger partial charge in [0.15, 0.2) is 0 Å². The van der Waals surface area contributed by atoms with E-state index in [9.17, 15) is 19.2 Å². The number of rotatable bonds is 5. The van der Waals surface area contributed by atoms with Gasteiger partial charge in [0.1, 0.15) is 6.10 Å². The van der Waals surface area contributed by atoms with Gasteiger partial charge in [-0.3, -0.25) is 19.1 Å². The Morgan fingerprint density at radius 3 is 2.85 bits per heavy atom. The van der Waals surface area contributed by atoms with Crippen molar-refractivity contribution in [3.05, 3.63) is 62.8 Å². The molecule has 2 aliphatic heterocycles. The number of anilines is 2. The number of fused-ring (bicyclic) bond motifs is 2. The summed E-state index contributed by atoms with van der Waals surface area (Å²) in [6, 6.07) is 10.8. The third kappa shape index (κ3) is 4.02. The lowest BCUT2D eigenvalue weighted by Gasteiger charge is -2.20. The number of H-pyrrole nitrogens is 1. The largest absolute Gasteiger partial charge is 0.444 e. The number of aromatic nitrogens is 2. The molecule has 0 unspecified atom stereocenters. The lowest BCUT2D eigenvalue weighted by molar-refractivity contribution is -0.113. The lowest BCUT2D eigenvalue weighted by atomic mass is 10.1. The molecule has 2 aromatic carbocycles. The summed E-state index contributed by atoms with van der Waals surface area (Å²) in [4.78, 5) is 54.6. The molecule has 1 atom stereocenters. The van der Waals surface area contributed by atoms with Crippen LogP contribution in [0.25, 0.3) is 10.9 Å². The van der Waals surface area contributed by atoms with Gasteiger partial charge in [0.2, 0.25) is 5.91 Å². The zero-order valence-corrected chi connectivity index (χ0v) is 18.7. The maximum absolute atomic E-state index is 12.8. The third-order valence-corrected chi connectivity index (χ3v) is 6.98. The first-order valence-corrected chi connectivity index (χ1v) is 11.7. The van der Waals surface area contributed by atoms with Gasteiger partial charge in [-0.1, -0.05) is 12.1 Å². The van der Waals surface area contributed by atoms with Crippen LogP contribution in [-0.2, 0) is 16.1 Å². The molecule has 0 spiro atoms. The van der Waals surface area contributed by atoms with Gasteiger partial charge in [-0.15, -0.1) is 11.8 Å². The summed E-state index contributed by atoms with van der Waals surface area (Å²) in [6.07, 6.45) is 0.209. The summed E-state index contributed by atoms with van der Waals surface area (Å²) in [5.41, 5.74) is 1.92. The molecule has 3 aromatic rings. The van der Waals surface area contributed by atoms with Gasteiger partial charge in [0.25, 0.3) is 5.56 Å². The van der Waals surface area contributed by atoms with Crippen LogP contribution in [0.4, 0.5) is 16.2 Å². The number of hydrogen-bond acceptors (Lipinski definition) is 6. The third-order valence-electron chi connectivity index (χ3n) is 5.91. The van der Waals surface area contributed by atoms with Crippen molar-refractivity contribution in [1.82, 2.24) is 9.55 Å². The molecule has 3 heterocycles. The molecule has 2 aliphatic rings. The quantitative estimate of drug-likeness (QED) is 0.598. The van der Waals surface area contributed by atoms with E-state index in [1.807, 2.05) is 25.1 Å². The second-order valence-electron chi connectivity index (χ2n) is 8.16. The van der Waals surface area contributed by atoms with Gasteiger partial charge in [-0.2, -0.15) is 0 Å². The van der Waals surface area contributed by atoms with Crippen molar-refractivity contribution in [3.63, 3.8) is 0 Å². The fraction of sp³-hybridized carbons (Fsp3) is 0.304. The number of carbonyl (C=O) groups is 2. The molecule has 2 amide bonds. The minimum Gasteiger partial charge on any atom is -0.444 e. The molecule has 0 saturated carbocycles. The molecular weight excluding hydrogens is 444 g/mol. The molecule has 0 bridgehead atoms. The van der Waals surface area contributed by atoms with Gasteiger partial charge < -0.3 is 15.0 Å². The van der Waals surface area contributed by atoms with Crippen molar-refractivity contribution in [3.8, 4) is 0 Å². The van der Waals surface area contributed by atoms with Crippen molar-refractivity contribution in [2.75, 3.05) is 22.5 Å². The van der Waals surface area contributed by atoms with Crippen LogP contribution in [0.15, 0.2) is 50.9 Å². The molecule has 0 aliphatic carbocycles. The second kappa shape index (κ2) is 8.43. The van der Waals surface area contributed by atoms with E-state index in [0.717, 1.165) is 10.5 Å². The number of ether oxygens (including phenoxy) is 1. The summed E-state index contributed by atoms with van der Waals surface area (Å²) in [5, 5.41) is 3.33. The first kappa shape index (κ1) is 21.3. The molecule has 1 fully saturated rings. The smallest absolute Gasteiger partial charge is 0.414 e. The Morgan fingerprint density at radius 1 is 1.15 bits per heavy atom. The Morgan fingerprint density at radius 2 is 2.00 bits per heavy atom. The van der Waals surface area contributed by atoms with Crippen LogP contribution in [0.2, 0.25) is 0 Å². The number of aromatic amines is 1. The van der Waals surface area contributed by atoms with Crippen molar-refractivity contribution >= 4 is 46.0 Å². The zero-order chi connectivity index (χ0) is 23.1. The maximum atomic E-state index is 12.8. The number of aryl methyl sites for hydroxylation is 1. The van der Waals surface area contributed by atoms with Crippen molar-refractivity contribution in [1.29, 1.82) is 0 Å². The fourth-order valence-electron chi connectivity index (χ4n) is 4.27. The van der Waals surface area contributed by atoms with Crippen LogP contribution >= 0.6 is 11.8 Å². The predicted molar refractivity (Wildman–Crippen MR) is 126 cm³/mol. The summed E-state index contributed by atoms with van der Waals surface area (Å²) < 4.78 is 6.70. The Balaban J connectivity index is 1.26. The number of thioether (sulfide) groups is 1.